The van der Waals surface area contributed by atoms with Crippen LogP contribution in [0.5, 0.6) is 5.75 Å². The summed E-state index contributed by atoms with van der Waals surface area (Å²) in [6.45, 7) is 5.53. The summed E-state index contributed by atoms with van der Waals surface area (Å²) in [6, 6.07) is 3.67. The number of nitrogens with zero attached hydrogens (tertiary/aromatic N) is 1. The molecule has 0 radical (unpaired) electrons. The quantitative estimate of drug-likeness (QED) is 0.707. The van der Waals surface area contributed by atoms with Gasteiger partial charge in [0.05, 0.1) is 12.2 Å². The van der Waals surface area contributed by atoms with Gasteiger partial charge in [-0.2, -0.15) is 0 Å². The molecule has 0 spiro atoms. The second-order valence-electron chi connectivity index (χ2n) is 3.95. The van der Waals surface area contributed by atoms with Gasteiger partial charge in [-0.25, -0.2) is 0 Å². The van der Waals surface area contributed by atoms with Crippen LogP contribution in [0.3, 0.4) is 0 Å². The molecule has 0 aromatic carbocycles. The highest BCUT2D eigenvalue weighted by Crippen LogP contribution is 2.16. The lowest BCUT2D eigenvalue weighted by Crippen LogP contribution is -2.29. The maximum atomic E-state index is 11.4. The van der Waals surface area contributed by atoms with Crippen LogP contribution in [0.15, 0.2) is 12.1 Å². The Hall–Kier alpha value is -2.06. The van der Waals surface area contributed by atoms with E-state index < -0.39 is 0 Å². The first-order valence-corrected chi connectivity index (χ1v) is 6.17. The van der Waals surface area contributed by atoms with E-state index in [9.17, 15) is 4.79 Å². The second-order valence-corrected chi connectivity index (χ2v) is 3.95. The van der Waals surface area contributed by atoms with Crippen LogP contribution in [0.2, 0.25) is 0 Å². The molecule has 1 aromatic heterocycles. The van der Waals surface area contributed by atoms with Crippen LogP contribution in [0.25, 0.3) is 0 Å². The molecule has 5 nitrogen and oxygen atoms in total. The van der Waals surface area contributed by atoms with Crippen LogP contribution in [0, 0.1) is 19.3 Å². The number of carbonyl (C=O) groups excluding carboxylic acids is 1. The smallest absolute Gasteiger partial charge is 0.258 e. The zero-order chi connectivity index (χ0) is 14.1. The fourth-order valence-electron chi connectivity index (χ4n) is 1.44. The molecular weight excluding hydrogens is 242 g/mol. The largest absolute Gasteiger partial charge is 0.482 e. The molecule has 2 N–H and O–H groups in total. The number of carbonyl (C=O) groups is 1. The minimum Gasteiger partial charge on any atom is -0.482 e. The number of rotatable bonds is 7. The topological polar surface area (TPSA) is 63.2 Å². The molecule has 0 aliphatic heterocycles. The minimum absolute atomic E-state index is 0.0639. The van der Waals surface area contributed by atoms with Crippen LogP contribution >= 0.6 is 0 Å². The Balaban J connectivity index is 2.61. The molecule has 0 aliphatic carbocycles. The molecular formula is C14H19N3O2. The number of hydrogen-bond acceptors (Lipinski definition) is 4. The molecule has 1 amide bonds. The number of nitrogens with one attached hydrogen (secondary N) is 2. The predicted octanol–water partition coefficient (Wildman–Crippen LogP) is 0.628. The number of amides is 1. The van der Waals surface area contributed by atoms with Crippen LogP contribution in [0.4, 0.5) is 0 Å². The van der Waals surface area contributed by atoms with Gasteiger partial charge in [0.1, 0.15) is 5.75 Å². The van der Waals surface area contributed by atoms with Gasteiger partial charge in [0.15, 0.2) is 6.61 Å². The highest BCUT2D eigenvalue weighted by molar-refractivity contribution is 5.77. The third-order valence-electron chi connectivity index (χ3n) is 2.36. The Morgan fingerprint density at radius 3 is 3.00 bits per heavy atom. The Morgan fingerprint density at radius 1 is 1.53 bits per heavy atom. The Morgan fingerprint density at radius 2 is 2.32 bits per heavy atom. The molecule has 0 fully saturated rings. The van der Waals surface area contributed by atoms with Crippen LogP contribution in [-0.4, -0.2) is 30.6 Å². The molecule has 102 valence electrons. The molecule has 1 aromatic rings. The minimum atomic E-state index is -0.243. The molecule has 19 heavy (non-hydrogen) atoms. The molecule has 0 saturated carbocycles. The Kier molecular flexibility index (Phi) is 6.41. The van der Waals surface area contributed by atoms with E-state index in [1.165, 1.54) is 0 Å². The van der Waals surface area contributed by atoms with E-state index in [0.29, 0.717) is 12.3 Å². The third kappa shape index (κ3) is 5.40. The average molecular weight is 261 g/mol. The zero-order valence-corrected chi connectivity index (χ0v) is 11.3. The van der Waals surface area contributed by atoms with Crippen molar-refractivity contribution >= 4 is 5.91 Å². The first kappa shape index (κ1) is 15.0. The van der Waals surface area contributed by atoms with Crippen molar-refractivity contribution in [1.29, 1.82) is 0 Å². The van der Waals surface area contributed by atoms with Crippen molar-refractivity contribution in [3.63, 3.8) is 0 Å². The third-order valence-corrected chi connectivity index (χ3v) is 2.36. The van der Waals surface area contributed by atoms with E-state index in [4.69, 9.17) is 11.2 Å². The van der Waals surface area contributed by atoms with E-state index in [1.54, 1.807) is 0 Å². The predicted molar refractivity (Wildman–Crippen MR) is 73.7 cm³/mol. The van der Waals surface area contributed by atoms with Gasteiger partial charge >= 0.3 is 0 Å². The summed E-state index contributed by atoms with van der Waals surface area (Å²) in [7, 11) is 0. The Bertz CT molecular complexity index is 466. The summed E-state index contributed by atoms with van der Waals surface area (Å²) in [4.78, 5) is 15.8. The number of pyridine rings is 1. The molecule has 5 heteroatoms. The molecule has 0 unspecified atom stereocenters. The molecule has 0 aliphatic rings. The second kappa shape index (κ2) is 8.11. The lowest BCUT2D eigenvalue weighted by molar-refractivity contribution is -0.122. The average Bonchev–Trinajstić information content (AvgIpc) is 2.41. The number of aromatic nitrogens is 1. The van der Waals surface area contributed by atoms with E-state index in [0.717, 1.165) is 17.9 Å². The fourth-order valence-corrected chi connectivity index (χ4v) is 1.44. The summed E-state index contributed by atoms with van der Waals surface area (Å²) < 4.78 is 5.46. The van der Waals surface area contributed by atoms with E-state index in [-0.39, 0.29) is 19.1 Å². The van der Waals surface area contributed by atoms with Gasteiger partial charge in [0.25, 0.3) is 5.91 Å². The maximum Gasteiger partial charge on any atom is 0.258 e. The number of ether oxygens (including phenoxy) is 1. The van der Waals surface area contributed by atoms with Crippen LogP contribution in [0.1, 0.15) is 18.3 Å². The van der Waals surface area contributed by atoms with Gasteiger partial charge in [0, 0.05) is 12.2 Å². The monoisotopic (exact) mass is 261 g/mol. The van der Waals surface area contributed by atoms with Crippen LogP contribution < -0.4 is 15.4 Å². The van der Waals surface area contributed by atoms with Crippen LogP contribution in [-0.2, 0) is 11.3 Å². The lowest BCUT2D eigenvalue weighted by Gasteiger charge is -2.11. The van der Waals surface area contributed by atoms with Crippen molar-refractivity contribution in [3.05, 3.63) is 23.5 Å². The van der Waals surface area contributed by atoms with Gasteiger partial charge in [-0.05, 0) is 25.6 Å². The summed E-state index contributed by atoms with van der Waals surface area (Å²) in [5, 5.41) is 5.73. The lowest BCUT2D eigenvalue weighted by atomic mass is 10.3. The Labute approximate surface area is 113 Å². The van der Waals surface area contributed by atoms with Crippen molar-refractivity contribution in [2.45, 2.75) is 20.4 Å². The van der Waals surface area contributed by atoms with Gasteiger partial charge in [-0.15, -0.1) is 6.42 Å². The first-order chi connectivity index (χ1) is 9.17. The number of aryl methyl sites for hydroxylation is 1. The molecule has 0 atom stereocenters. The van der Waals surface area contributed by atoms with Crippen molar-refractivity contribution in [3.8, 4) is 18.1 Å². The standard InChI is InChI=1S/C14H19N3O2/c1-4-8-16-14(18)10-19-13-7-6-11(3)17-12(13)9-15-5-2/h1,6-7,15H,5,8-10H2,2-3H3,(H,16,18). The highest BCUT2D eigenvalue weighted by atomic mass is 16.5. The number of terminal acetylenes is 1. The van der Waals surface area contributed by atoms with Crippen molar-refractivity contribution in [1.82, 2.24) is 15.6 Å². The van der Waals surface area contributed by atoms with Gasteiger partial charge in [-0.1, -0.05) is 12.8 Å². The van der Waals surface area contributed by atoms with Crippen molar-refractivity contribution in [2.24, 2.45) is 0 Å². The van der Waals surface area contributed by atoms with Crippen molar-refractivity contribution < 1.29 is 9.53 Å². The molecule has 1 heterocycles. The SMILES string of the molecule is C#CCNC(=O)COc1ccc(C)nc1CNCC. The molecule has 0 saturated heterocycles. The van der Waals surface area contributed by atoms with Crippen molar-refractivity contribution in [2.75, 3.05) is 19.7 Å². The summed E-state index contributed by atoms with van der Waals surface area (Å²) >= 11 is 0. The van der Waals surface area contributed by atoms with Gasteiger partial charge in [-0.3, -0.25) is 9.78 Å². The maximum absolute atomic E-state index is 11.4. The highest BCUT2D eigenvalue weighted by Gasteiger charge is 2.08. The fraction of sp³-hybridized carbons (Fsp3) is 0.429. The van der Waals surface area contributed by atoms with E-state index >= 15 is 0 Å². The summed E-state index contributed by atoms with van der Waals surface area (Å²) in [6.07, 6.45) is 5.06. The molecule has 0 bridgehead atoms. The summed E-state index contributed by atoms with van der Waals surface area (Å²) in [5.41, 5.74) is 1.71. The van der Waals surface area contributed by atoms with Gasteiger partial charge < -0.3 is 15.4 Å². The molecule has 1 rings (SSSR count). The summed E-state index contributed by atoms with van der Waals surface area (Å²) in [5.74, 6) is 2.70. The van der Waals surface area contributed by atoms with E-state index in [1.807, 2.05) is 26.0 Å². The number of hydrogen-bond donors (Lipinski definition) is 2. The normalized spacial score (nSPS) is 9.74. The first-order valence-electron chi connectivity index (χ1n) is 6.17. The van der Waals surface area contributed by atoms with E-state index in [2.05, 4.69) is 21.5 Å². The van der Waals surface area contributed by atoms with Gasteiger partial charge in [0.2, 0.25) is 0 Å². The zero-order valence-electron chi connectivity index (χ0n) is 11.3.